The van der Waals surface area contributed by atoms with Crippen LogP contribution in [0.3, 0.4) is 0 Å². The van der Waals surface area contributed by atoms with Gasteiger partial charge in [-0.05, 0) is 41.6 Å². The topological polar surface area (TPSA) is 25.2 Å². The van der Waals surface area contributed by atoms with E-state index in [1.807, 2.05) is 19.1 Å². The van der Waals surface area contributed by atoms with Crippen molar-refractivity contribution in [2.75, 3.05) is 0 Å². The van der Waals surface area contributed by atoms with E-state index in [9.17, 15) is 0 Å². The molecule has 1 aromatic heterocycles. The predicted molar refractivity (Wildman–Crippen MR) is 51.1 cm³/mol. The predicted octanol–water partition coefficient (Wildman–Crippen LogP) is 2.48. The van der Waals surface area contributed by atoms with Crippen LogP contribution in [0.5, 0.6) is 0 Å². The van der Waals surface area contributed by atoms with Gasteiger partial charge in [-0.3, -0.25) is 4.98 Å². The molecular weight excluding hydrogens is 239 g/mol. The first-order valence-corrected chi connectivity index (χ1v) is 4.13. The van der Waals surface area contributed by atoms with Crippen LogP contribution in [0.1, 0.15) is 5.69 Å². The van der Waals surface area contributed by atoms with Gasteiger partial charge < -0.3 is 0 Å². The number of aliphatic imine (C=N–C) groups is 1. The summed E-state index contributed by atoms with van der Waals surface area (Å²) in [5.41, 5.74) is 1.91. The maximum atomic E-state index is 4.11. The average molecular weight is 246 g/mol. The van der Waals surface area contributed by atoms with Gasteiger partial charge >= 0.3 is 0 Å². The first-order valence-electron chi connectivity index (χ1n) is 2.89. The molecule has 2 nitrogen and oxygen atoms in total. The highest BCUT2D eigenvalue weighted by molar-refractivity contribution is 14.1. The quantitative estimate of drug-likeness (QED) is 0.552. The van der Waals surface area contributed by atoms with Crippen LogP contribution in [0.25, 0.3) is 0 Å². The lowest BCUT2D eigenvalue weighted by atomic mass is 10.3. The van der Waals surface area contributed by atoms with Gasteiger partial charge in [-0.2, -0.15) is 0 Å². The number of pyridine rings is 1. The van der Waals surface area contributed by atoms with Crippen molar-refractivity contribution in [3.8, 4) is 0 Å². The van der Waals surface area contributed by atoms with Crippen molar-refractivity contribution < 1.29 is 0 Å². The zero-order valence-corrected chi connectivity index (χ0v) is 7.74. The van der Waals surface area contributed by atoms with Gasteiger partial charge in [0.05, 0.1) is 15.6 Å². The summed E-state index contributed by atoms with van der Waals surface area (Å²) in [5, 5.41) is 0. The third-order valence-corrected chi connectivity index (χ3v) is 1.45. The zero-order chi connectivity index (χ0) is 7.40. The fourth-order valence-electron chi connectivity index (χ4n) is 0.665. The molecule has 0 aliphatic heterocycles. The molecule has 1 rings (SSSR count). The maximum Gasteiger partial charge on any atom is 0.0847 e. The SMILES string of the molecule is Cc1ncccc1/N=C\I. The van der Waals surface area contributed by atoms with Crippen molar-refractivity contribution in [1.29, 1.82) is 0 Å². The first kappa shape index (κ1) is 7.65. The number of aromatic nitrogens is 1. The molecule has 0 N–H and O–H groups in total. The van der Waals surface area contributed by atoms with Gasteiger partial charge in [0.2, 0.25) is 0 Å². The number of halogens is 1. The van der Waals surface area contributed by atoms with Gasteiger partial charge in [0, 0.05) is 6.20 Å². The number of hydrogen-bond acceptors (Lipinski definition) is 2. The Morgan fingerprint density at radius 2 is 2.50 bits per heavy atom. The molecule has 0 atom stereocenters. The summed E-state index contributed by atoms with van der Waals surface area (Å²) in [7, 11) is 0. The van der Waals surface area contributed by atoms with Crippen molar-refractivity contribution in [2.45, 2.75) is 6.92 Å². The third kappa shape index (κ3) is 1.76. The van der Waals surface area contributed by atoms with Gasteiger partial charge in [0.25, 0.3) is 0 Å². The van der Waals surface area contributed by atoms with Crippen LogP contribution in [0.15, 0.2) is 23.3 Å². The molecule has 1 aromatic rings. The lowest BCUT2D eigenvalue weighted by molar-refractivity contribution is 1.19. The second-order valence-electron chi connectivity index (χ2n) is 1.83. The molecule has 0 aliphatic rings. The van der Waals surface area contributed by atoms with Crippen LogP contribution in [-0.2, 0) is 0 Å². The summed E-state index contributed by atoms with van der Waals surface area (Å²) in [5.74, 6) is 0. The van der Waals surface area contributed by atoms with Crippen molar-refractivity contribution in [3.63, 3.8) is 0 Å². The lowest BCUT2D eigenvalue weighted by Crippen LogP contribution is -1.77. The maximum absolute atomic E-state index is 4.11. The van der Waals surface area contributed by atoms with Crippen molar-refractivity contribution >= 4 is 32.5 Å². The molecule has 1 heterocycles. The minimum Gasteiger partial charge on any atom is -0.259 e. The molecule has 0 aromatic carbocycles. The number of rotatable bonds is 1. The second-order valence-corrected chi connectivity index (χ2v) is 2.39. The molecule has 0 radical (unpaired) electrons. The van der Waals surface area contributed by atoms with Crippen LogP contribution < -0.4 is 0 Å². The fourth-order valence-corrected chi connectivity index (χ4v) is 0.965. The van der Waals surface area contributed by atoms with Gasteiger partial charge in [0.15, 0.2) is 0 Å². The van der Waals surface area contributed by atoms with E-state index < -0.39 is 0 Å². The van der Waals surface area contributed by atoms with Crippen LogP contribution in [0.2, 0.25) is 0 Å². The molecule has 3 heteroatoms. The third-order valence-electron chi connectivity index (χ3n) is 1.17. The molecule has 0 amide bonds. The minimum atomic E-state index is 0.942. The standard InChI is InChI=1S/C7H7IN2/c1-6-7(10-5-8)3-2-4-9-6/h2-5H,1H3/b10-5-. The van der Waals surface area contributed by atoms with E-state index in [0.717, 1.165) is 11.4 Å². The van der Waals surface area contributed by atoms with Gasteiger partial charge in [0.1, 0.15) is 0 Å². The number of aryl methyl sites for hydroxylation is 1. The molecular formula is C7H7IN2. The highest BCUT2D eigenvalue weighted by Gasteiger charge is 1.91. The van der Waals surface area contributed by atoms with Crippen molar-refractivity contribution in [1.82, 2.24) is 4.98 Å². The first-order chi connectivity index (χ1) is 4.84. The van der Waals surface area contributed by atoms with Crippen molar-refractivity contribution in [2.24, 2.45) is 4.99 Å². The van der Waals surface area contributed by atoms with Crippen LogP contribution in [0, 0.1) is 6.92 Å². The summed E-state index contributed by atoms with van der Waals surface area (Å²) in [6.45, 7) is 1.94. The van der Waals surface area contributed by atoms with E-state index in [-0.39, 0.29) is 0 Å². The van der Waals surface area contributed by atoms with E-state index in [4.69, 9.17) is 0 Å². The van der Waals surface area contributed by atoms with Crippen LogP contribution >= 0.6 is 22.6 Å². The Morgan fingerprint density at radius 3 is 3.10 bits per heavy atom. The molecule has 0 fully saturated rings. The highest BCUT2D eigenvalue weighted by atomic mass is 127. The van der Waals surface area contributed by atoms with Gasteiger partial charge in [-0.15, -0.1) is 0 Å². The van der Waals surface area contributed by atoms with Gasteiger partial charge in [-0.25, -0.2) is 4.99 Å². The van der Waals surface area contributed by atoms with E-state index in [2.05, 4.69) is 32.6 Å². The Bertz CT molecular complexity index is 245. The number of nitrogens with zero attached hydrogens (tertiary/aromatic N) is 2. The van der Waals surface area contributed by atoms with Gasteiger partial charge in [-0.1, -0.05) is 0 Å². The fraction of sp³-hybridized carbons (Fsp3) is 0.143. The monoisotopic (exact) mass is 246 g/mol. The molecule has 52 valence electrons. The van der Waals surface area contributed by atoms with Crippen molar-refractivity contribution in [3.05, 3.63) is 24.0 Å². The Balaban J connectivity index is 3.03. The molecule has 0 saturated carbocycles. The largest absolute Gasteiger partial charge is 0.259 e. The Labute approximate surface area is 73.5 Å². The summed E-state index contributed by atoms with van der Waals surface area (Å²) >= 11 is 2.09. The zero-order valence-electron chi connectivity index (χ0n) is 5.58. The summed E-state index contributed by atoms with van der Waals surface area (Å²) in [6.07, 6.45) is 1.77. The minimum absolute atomic E-state index is 0.942. The molecule has 0 bridgehead atoms. The molecule has 10 heavy (non-hydrogen) atoms. The molecule has 0 aliphatic carbocycles. The Kier molecular flexibility index (Phi) is 2.80. The summed E-state index contributed by atoms with van der Waals surface area (Å²) in [4.78, 5) is 8.19. The van der Waals surface area contributed by atoms with E-state index in [1.54, 1.807) is 10.4 Å². The summed E-state index contributed by atoms with van der Waals surface area (Å²) < 4.78 is 1.74. The lowest BCUT2D eigenvalue weighted by Gasteiger charge is -1.94. The smallest absolute Gasteiger partial charge is 0.0847 e. The second kappa shape index (κ2) is 3.65. The van der Waals surface area contributed by atoms with Crippen LogP contribution in [-0.4, -0.2) is 9.21 Å². The number of hydrogen-bond donors (Lipinski definition) is 0. The Hall–Kier alpha value is -0.450. The Morgan fingerprint density at radius 1 is 1.70 bits per heavy atom. The van der Waals surface area contributed by atoms with E-state index in [0.29, 0.717) is 0 Å². The molecule has 0 spiro atoms. The molecule has 0 saturated heterocycles. The van der Waals surface area contributed by atoms with Crippen LogP contribution in [0.4, 0.5) is 5.69 Å². The molecule has 0 unspecified atom stereocenters. The van der Waals surface area contributed by atoms with E-state index >= 15 is 0 Å². The highest BCUT2D eigenvalue weighted by Crippen LogP contribution is 2.13. The summed E-state index contributed by atoms with van der Waals surface area (Å²) in [6, 6.07) is 3.82. The van der Waals surface area contributed by atoms with E-state index in [1.165, 1.54) is 0 Å². The average Bonchev–Trinajstić information content (AvgIpc) is 1.94. The normalized spacial score (nSPS) is 10.6.